The van der Waals surface area contributed by atoms with Crippen LogP contribution in [0.25, 0.3) is 0 Å². The lowest BCUT2D eigenvalue weighted by Crippen LogP contribution is -2.48. The summed E-state index contributed by atoms with van der Waals surface area (Å²) in [5.41, 5.74) is -0.272. The second-order valence-electron chi connectivity index (χ2n) is 7.07. The van der Waals surface area contributed by atoms with Crippen LogP contribution in [0, 0.1) is 47.0 Å². The summed E-state index contributed by atoms with van der Waals surface area (Å²) in [4.78, 5) is 12.7. The van der Waals surface area contributed by atoms with Gasteiger partial charge >= 0.3 is 0 Å². The standard InChI is InChI=1S/C17H17F3O/c18-13-7-15(20)14(19)6-12(13)17(21)16-10-2-8-1-9(4-10)5-11(16)3-8/h6-11,16H,1-5H2. The topological polar surface area (TPSA) is 17.1 Å². The number of hydrogen-bond donors (Lipinski definition) is 0. The van der Waals surface area contributed by atoms with Gasteiger partial charge in [0, 0.05) is 12.0 Å². The van der Waals surface area contributed by atoms with Crippen LogP contribution in [0.4, 0.5) is 13.2 Å². The van der Waals surface area contributed by atoms with E-state index in [0.29, 0.717) is 29.7 Å². The summed E-state index contributed by atoms with van der Waals surface area (Å²) < 4.78 is 40.2. The van der Waals surface area contributed by atoms with E-state index >= 15 is 0 Å². The van der Waals surface area contributed by atoms with Gasteiger partial charge in [-0.05, 0) is 61.8 Å². The van der Waals surface area contributed by atoms with Crippen molar-refractivity contribution in [2.45, 2.75) is 32.1 Å². The van der Waals surface area contributed by atoms with Crippen LogP contribution in [0.2, 0.25) is 0 Å². The smallest absolute Gasteiger partial charge is 0.169 e. The van der Waals surface area contributed by atoms with Crippen molar-refractivity contribution in [2.75, 3.05) is 0 Å². The molecule has 4 heteroatoms. The van der Waals surface area contributed by atoms with Crippen molar-refractivity contribution in [2.24, 2.45) is 29.6 Å². The van der Waals surface area contributed by atoms with Crippen LogP contribution in [-0.2, 0) is 0 Å². The fourth-order valence-corrected chi connectivity index (χ4v) is 5.24. The molecule has 5 rings (SSSR count). The average molecular weight is 294 g/mol. The van der Waals surface area contributed by atoms with Gasteiger partial charge in [0.05, 0.1) is 5.56 Å². The Hall–Kier alpha value is -1.32. The van der Waals surface area contributed by atoms with Crippen molar-refractivity contribution < 1.29 is 18.0 Å². The van der Waals surface area contributed by atoms with Gasteiger partial charge in [-0.2, -0.15) is 0 Å². The number of carbonyl (C=O) groups is 1. The Balaban J connectivity index is 1.68. The number of hydrogen-bond acceptors (Lipinski definition) is 1. The lowest BCUT2D eigenvalue weighted by atomic mass is 9.51. The third kappa shape index (κ3) is 2.02. The molecule has 1 aromatic carbocycles. The van der Waals surface area contributed by atoms with Crippen molar-refractivity contribution in [3.05, 3.63) is 35.1 Å². The Bertz CT molecular complexity index is 582. The first-order valence-corrected chi connectivity index (χ1v) is 7.71. The Morgan fingerprint density at radius 3 is 1.90 bits per heavy atom. The van der Waals surface area contributed by atoms with Crippen molar-refractivity contribution in [3.63, 3.8) is 0 Å². The Labute approximate surface area is 121 Å². The molecule has 0 saturated heterocycles. The summed E-state index contributed by atoms with van der Waals surface area (Å²) in [6.07, 6.45) is 5.42. The number of benzene rings is 1. The van der Waals surface area contributed by atoms with Gasteiger partial charge in [-0.25, -0.2) is 13.2 Å². The summed E-state index contributed by atoms with van der Waals surface area (Å²) in [5.74, 6) is -1.80. The van der Waals surface area contributed by atoms with Crippen molar-refractivity contribution in [1.29, 1.82) is 0 Å². The first kappa shape index (κ1) is 13.4. The van der Waals surface area contributed by atoms with Crippen LogP contribution in [0.5, 0.6) is 0 Å². The molecule has 4 aliphatic carbocycles. The van der Waals surface area contributed by atoms with E-state index in [1.54, 1.807) is 0 Å². The quantitative estimate of drug-likeness (QED) is 0.585. The summed E-state index contributed by atoms with van der Waals surface area (Å²) in [7, 11) is 0. The molecule has 0 radical (unpaired) electrons. The average Bonchev–Trinajstić information content (AvgIpc) is 2.41. The van der Waals surface area contributed by atoms with E-state index in [2.05, 4.69) is 0 Å². The molecule has 0 amide bonds. The predicted molar refractivity (Wildman–Crippen MR) is 71.2 cm³/mol. The van der Waals surface area contributed by atoms with E-state index in [9.17, 15) is 18.0 Å². The van der Waals surface area contributed by atoms with E-state index in [1.807, 2.05) is 0 Å². The normalized spacial score (nSPS) is 37.0. The molecule has 0 N–H and O–H groups in total. The Kier molecular flexibility index (Phi) is 2.92. The molecule has 0 unspecified atom stereocenters. The minimum Gasteiger partial charge on any atom is -0.294 e. The van der Waals surface area contributed by atoms with E-state index < -0.39 is 17.5 Å². The van der Waals surface area contributed by atoms with Crippen molar-refractivity contribution in [1.82, 2.24) is 0 Å². The molecule has 112 valence electrons. The SMILES string of the molecule is O=C(c1cc(F)c(F)cc1F)C1C2CC3CC(C2)CC1C3. The molecule has 0 aliphatic heterocycles. The molecule has 0 aromatic heterocycles. The second kappa shape index (κ2) is 4.59. The van der Waals surface area contributed by atoms with Gasteiger partial charge in [-0.1, -0.05) is 0 Å². The predicted octanol–water partition coefficient (Wildman–Crippen LogP) is 4.36. The van der Waals surface area contributed by atoms with Gasteiger partial charge < -0.3 is 0 Å². The summed E-state index contributed by atoms with van der Waals surface area (Å²) in [6, 6.07) is 1.22. The molecule has 4 saturated carbocycles. The fraction of sp³-hybridized carbons (Fsp3) is 0.588. The van der Waals surface area contributed by atoms with Crippen LogP contribution in [-0.4, -0.2) is 5.78 Å². The molecular formula is C17H17F3O. The maximum absolute atomic E-state index is 13.9. The summed E-state index contributed by atoms with van der Waals surface area (Å²) in [5, 5.41) is 0. The van der Waals surface area contributed by atoms with E-state index in [4.69, 9.17) is 0 Å². The molecule has 4 bridgehead atoms. The molecular weight excluding hydrogens is 277 g/mol. The highest BCUT2D eigenvalue weighted by Gasteiger charge is 2.51. The number of Topliss-reactive ketones (excluding diaryl/α,β-unsaturated/α-hetero) is 1. The number of rotatable bonds is 2. The van der Waals surface area contributed by atoms with Crippen LogP contribution in [0.15, 0.2) is 12.1 Å². The highest BCUT2D eigenvalue weighted by atomic mass is 19.2. The van der Waals surface area contributed by atoms with E-state index in [0.717, 1.165) is 31.7 Å². The largest absolute Gasteiger partial charge is 0.294 e. The first-order valence-electron chi connectivity index (χ1n) is 7.71. The molecule has 4 fully saturated rings. The first-order chi connectivity index (χ1) is 10.0. The van der Waals surface area contributed by atoms with Gasteiger partial charge in [0.2, 0.25) is 0 Å². The molecule has 1 nitrogen and oxygen atoms in total. The highest BCUT2D eigenvalue weighted by molar-refractivity contribution is 5.98. The Morgan fingerprint density at radius 1 is 0.810 bits per heavy atom. The zero-order chi connectivity index (χ0) is 14.7. The number of halogens is 3. The minimum atomic E-state index is -1.24. The van der Waals surface area contributed by atoms with Crippen molar-refractivity contribution >= 4 is 5.78 Å². The Morgan fingerprint density at radius 2 is 1.33 bits per heavy atom. The van der Waals surface area contributed by atoms with Crippen molar-refractivity contribution in [3.8, 4) is 0 Å². The van der Waals surface area contributed by atoms with Gasteiger partial charge in [0.15, 0.2) is 17.4 Å². The van der Waals surface area contributed by atoms with Crippen LogP contribution in [0.1, 0.15) is 42.5 Å². The van der Waals surface area contributed by atoms with Crippen LogP contribution < -0.4 is 0 Å². The number of carbonyl (C=O) groups excluding carboxylic acids is 1. The van der Waals surface area contributed by atoms with E-state index in [1.165, 1.54) is 6.42 Å². The van der Waals surface area contributed by atoms with Gasteiger partial charge in [-0.3, -0.25) is 4.79 Å². The molecule has 0 spiro atoms. The monoisotopic (exact) mass is 294 g/mol. The number of ketones is 1. The third-order valence-corrected chi connectivity index (χ3v) is 5.80. The van der Waals surface area contributed by atoms with Gasteiger partial charge in [0.1, 0.15) is 5.82 Å². The molecule has 0 atom stereocenters. The summed E-state index contributed by atoms with van der Waals surface area (Å²) >= 11 is 0. The van der Waals surface area contributed by atoms with Crippen LogP contribution in [0.3, 0.4) is 0 Å². The highest BCUT2D eigenvalue weighted by Crippen LogP contribution is 2.57. The van der Waals surface area contributed by atoms with Crippen LogP contribution >= 0.6 is 0 Å². The zero-order valence-electron chi connectivity index (χ0n) is 11.6. The summed E-state index contributed by atoms with van der Waals surface area (Å²) in [6.45, 7) is 0. The maximum atomic E-state index is 13.9. The lowest BCUT2D eigenvalue weighted by Gasteiger charge is -2.53. The molecule has 0 heterocycles. The maximum Gasteiger partial charge on any atom is 0.169 e. The lowest BCUT2D eigenvalue weighted by molar-refractivity contribution is -0.0252. The molecule has 4 aliphatic rings. The van der Waals surface area contributed by atoms with E-state index in [-0.39, 0.29) is 17.3 Å². The molecule has 1 aromatic rings. The zero-order valence-corrected chi connectivity index (χ0v) is 11.6. The van der Waals surface area contributed by atoms with Gasteiger partial charge in [0.25, 0.3) is 0 Å². The second-order valence-corrected chi connectivity index (χ2v) is 7.07. The fourth-order valence-electron chi connectivity index (χ4n) is 5.24. The molecule has 21 heavy (non-hydrogen) atoms. The third-order valence-electron chi connectivity index (χ3n) is 5.80. The van der Waals surface area contributed by atoms with Gasteiger partial charge in [-0.15, -0.1) is 0 Å². The minimum absolute atomic E-state index is 0.197.